The van der Waals surface area contributed by atoms with E-state index >= 15 is 0 Å². The highest BCUT2D eigenvalue weighted by molar-refractivity contribution is 7.91. The summed E-state index contributed by atoms with van der Waals surface area (Å²) in [6.07, 6.45) is 2.04. The van der Waals surface area contributed by atoms with Gasteiger partial charge in [-0.15, -0.1) is 0 Å². The molecule has 2 N–H and O–H groups in total. The van der Waals surface area contributed by atoms with Crippen molar-refractivity contribution >= 4 is 25.8 Å². The fourth-order valence-electron chi connectivity index (χ4n) is 3.82. The molecule has 0 bridgehead atoms. The maximum absolute atomic E-state index is 12.8. The van der Waals surface area contributed by atoms with Gasteiger partial charge in [0.25, 0.3) is 5.91 Å². The Balaban J connectivity index is 1.73. The minimum absolute atomic E-state index is 0.0311. The van der Waals surface area contributed by atoms with Gasteiger partial charge < -0.3 is 10.1 Å². The number of rotatable bonds is 8. The lowest BCUT2D eigenvalue weighted by atomic mass is 10.1. The number of carbonyl (C=O) groups is 1. The summed E-state index contributed by atoms with van der Waals surface area (Å²) in [7, 11) is -5.53. The minimum atomic E-state index is -3.77. The predicted octanol–water partition coefficient (Wildman–Crippen LogP) is -0.397. The topological polar surface area (TPSA) is 122 Å². The van der Waals surface area contributed by atoms with Gasteiger partial charge in [-0.05, 0) is 44.1 Å². The second-order valence-corrected chi connectivity index (χ2v) is 11.3. The number of methoxy groups -OCH3 is 1. The lowest BCUT2D eigenvalue weighted by Crippen LogP contribution is -2.50. The third kappa shape index (κ3) is 5.54. The lowest BCUT2D eigenvalue weighted by Gasteiger charge is -2.28. The molecular formula is C18H27N3O6S2. The van der Waals surface area contributed by atoms with Gasteiger partial charge in [0.2, 0.25) is 10.0 Å². The first-order valence-corrected chi connectivity index (χ1v) is 12.9. The van der Waals surface area contributed by atoms with Crippen LogP contribution >= 0.6 is 0 Å². The van der Waals surface area contributed by atoms with Crippen molar-refractivity contribution in [2.75, 3.05) is 44.9 Å². The van der Waals surface area contributed by atoms with Crippen molar-refractivity contribution in [2.24, 2.45) is 0 Å². The minimum Gasteiger partial charge on any atom is -0.383 e. The number of hydrogen-bond donors (Lipinski definition) is 2. The fourth-order valence-corrected chi connectivity index (χ4v) is 6.83. The molecule has 2 aliphatic rings. The number of hydrogen-bond acceptors (Lipinski definition) is 7. The van der Waals surface area contributed by atoms with Crippen LogP contribution < -0.4 is 10.0 Å². The van der Waals surface area contributed by atoms with E-state index in [-0.39, 0.29) is 41.2 Å². The van der Waals surface area contributed by atoms with Crippen LogP contribution in [0.2, 0.25) is 0 Å². The molecule has 9 nitrogen and oxygen atoms in total. The second-order valence-electron chi connectivity index (χ2n) is 7.39. The molecule has 162 valence electrons. The first-order valence-electron chi connectivity index (χ1n) is 9.56. The molecule has 0 radical (unpaired) electrons. The number of ether oxygens (including phenoxy) is 1. The normalized spacial score (nSPS) is 24.6. The van der Waals surface area contributed by atoms with Crippen LogP contribution in [-0.2, 0) is 24.6 Å². The number of sulfone groups is 1. The molecular weight excluding hydrogens is 418 g/mol. The Labute approximate surface area is 171 Å². The molecule has 2 aliphatic heterocycles. The molecule has 2 fully saturated rings. The zero-order valence-corrected chi connectivity index (χ0v) is 18.0. The molecule has 0 saturated carbocycles. The van der Waals surface area contributed by atoms with E-state index in [2.05, 4.69) is 14.9 Å². The van der Waals surface area contributed by atoms with Crippen molar-refractivity contribution in [2.45, 2.75) is 29.8 Å². The molecule has 2 unspecified atom stereocenters. The lowest BCUT2D eigenvalue weighted by molar-refractivity contribution is 0.0918. The molecule has 11 heteroatoms. The molecule has 2 saturated heterocycles. The van der Waals surface area contributed by atoms with Gasteiger partial charge in [0.15, 0.2) is 9.84 Å². The number of nitrogens with one attached hydrogen (secondary N) is 2. The predicted molar refractivity (Wildman–Crippen MR) is 108 cm³/mol. The van der Waals surface area contributed by atoms with E-state index in [0.717, 1.165) is 25.9 Å². The summed E-state index contributed by atoms with van der Waals surface area (Å²) in [5, 5.41) is 2.81. The van der Waals surface area contributed by atoms with E-state index in [1.807, 2.05) is 0 Å². The average molecular weight is 446 g/mol. The summed E-state index contributed by atoms with van der Waals surface area (Å²) in [5.74, 6) is -0.545. The Bertz CT molecular complexity index is 942. The quantitative estimate of drug-likeness (QED) is 0.522. The van der Waals surface area contributed by atoms with Crippen molar-refractivity contribution in [3.05, 3.63) is 29.8 Å². The number of likely N-dealkylation sites (tertiary alicyclic amines) is 1. The third-order valence-corrected chi connectivity index (χ3v) is 8.43. The Morgan fingerprint density at radius 2 is 1.97 bits per heavy atom. The largest absolute Gasteiger partial charge is 0.383 e. The van der Waals surface area contributed by atoms with E-state index in [1.165, 1.54) is 31.4 Å². The van der Waals surface area contributed by atoms with Gasteiger partial charge in [0, 0.05) is 25.3 Å². The van der Waals surface area contributed by atoms with Gasteiger partial charge in [-0.1, -0.05) is 6.07 Å². The van der Waals surface area contributed by atoms with E-state index in [1.54, 1.807) is 0 Å². The zero-order chi connectivity index (χ0) is 21.1. The Morgan fingerprint density at radius 3 is 2.66 bits per heavy atom. The van der Waals surface area contributed by atoms with Gasteiger partial charge in [-0.3, -0.25) is 9.69 Å². The monoisotopic (exact) mass is 445 g/mol. The Hall–Kier alpha value is -1.53. The number of carbonyl (C=O) groups excluding carboxylic acids is 1. The summed E-state index contributed by atoms with van der Waals surface area (Å²) in [5.41, 5.74) is 0.170. The summed E-state index contributed by atoms with van der Waals surface area (Å²) in [4.78, 5) is 14.8. The van der Waals surface area contributed by atoms with Crippen LogP contribution in [-0.4, -0.2) is 84.6 Å². The molecule has 2 heterocycles. The Morgan fingerprint density at radius 1 is 1.24 bits per heavy atom. The molecule has 1 aromatic carbocycles. The van der Waals surface area contributed by atoms with Crippen molar-refractivity contribution < 1.29 is 26.4 Å². The van der Waals surface area contributed by atoms with Crippen LogP contribution in [0.1, 0.15) is 23.2 Å². The van der Waals surface area contributed by atoms with Gasteiger partial charge in [0.1, 0.15) is 0 Å². The van der Waals surface area contributed by atoms with E-state index < -0.39 is 31.8 Å². The van der Waals surface area contributed by atoms with E-state index in [0.29, 0.717) is 0 Å². The highest BCUT2D eigenvalue weighted by Gasteiger charge is 2.42. The van der Waals surface area contributed by atoms with Gasteiger partial charge in [-0.25, -0.2) is 21.6 Å². The Kier molecular flexibility index (Phi) is 6.94. The molecule has 29 heavy (non-hydrogen) atoms. The van der Waals surface area contributed by atoms with Crippen molar-refractivity contribution in [1.29, 1.82) is 0 Å². The molecule has 0 aromatic heterocycles. The molecule has 0 spiro atoms. The van der Waals surface area contributed by atoms with Crippen LogP contribution in [0.3, 0.4) is 0 Å². The van der Waals surface area contributed by atoms with E-state index in [4.69, 9.17) is 4.74 Å². The molecule has 1 amide bonds. The molecule has 3 rings (SSSR count). The second kappa shape index (κ2) is 9.09. The van der Waals surface area contributed by atoms with Crippen molar-refractivity contribution in [3.8, 4) is 0 Å². The van der Waals surface area contributed by atoms with Crippen LogP contribution in [0.5, 0.6) is 0 Å². The van der Waals surface area contributed by atoms with E-state index in [9.17, 15) is 21.6 Å². The van der Waals surface area contributed by atoms with Crippen LogP contribution in [0.25, 0.3) is 0 Å². The van der Waals surface area contributed by atoms with Gasteiger partial charge in [-0.2, -0.15) is 0 Å². The summed E-state index contributed by atoms with van der Waals surface area (Å²) >= 11 is 0. The molecule has 0 aliphatic carbocycles. The smallest absolute Gasteiger partial charge is 0.251 e. The maximum atomic E-state index is 12.8. The molecule has 2 atom stereocenters. The number of benzene rings is 1. The summed E-state index contributed by atoms with van der Waals surface area (Å²) in [6, 6.07) is 4.94. The van der Waals surface area contributed by atoms with Crippen LogP contribution in [0.15, 0.2) is 29.2 Å². The third-order valence-electron chi connectivity index (χ3n) is 5.25. The maximum Gasteiger partial charge on any atom is 0.251 e. The highest BCUT2D eigenvalue weighted by Crippen LogP contribution is 2.23. The first kappa shape index (κ1) is 22.2. The summed E-state index contributed by atoms with van der Waals surface area (Å²) < 4.78 is 56.3. The SMILES string of the molecule is COCCNS(=O)(=O)c1cccc(C(=O)NC2CS(=O)(=O)CC2N2CCCC2)c1. The number of amides is 1. The standard InChI is InChI=1S/C18H27N3O6S2/c1-27-10-7-19-29(25,26)15-6-4-5-14(11-15)18(22)20-16-12-28(23,24)13-17(16)21-8-2-3-9-21/h4-6,11,16-17,19H,2-3,7-10,12-13H2,1H3,(H,20,22). The number of nitrogens with zero attached hydrogens (tertiary/aromatic N) is 1. The number of sulfonamides is 1. The van der Waals surface area contributed by atoms with Gasteiger partial charge >= 0.3 is 0 Å². The van der Waals surface area contributed by atoms with Crippen molar-refractivity contribution in [1.82, 2.24) is 14.9 Å². The van der Waals surface area contributed by atoms with Gasteiger partial charge in [0.05, 0.1) is 29.0 Å². The van der Waals surface area contributed by atoms with Crippen LogP contribution in [0.4, 0.5) is 0 Å². The average Bonchev–Trinajstić information content (AvgIpc) is 3.29. The zero-order valence-electron chi connectivity index (χ0n) is 16.3. The first-order chi connectivity index (χ1) is 13.7. The fraction of sp³-hybridized carbons (Fsp3) is 0.611. The van der Waals surface area contributed by atoms with Crippen molar-refractivity contribution in [3.63, 3.8) is 0 Å². The molecule has 1 aromatic rings. The summed E-state index contributed by atoms with van der Waals surface area (Å²) in [6.45, 7) is 2.00. The van der Waals surface area contributed by atoms with Crippen LogP contribution in [0, 0.1) is 0 Å². The highest BCUT2D eigenvalue weighted by atomic mass is 32.2.